The van der Waals surface area contributed by atoms with Crippen LogP contribution >= 0.6 is 27.7 Å². The number of ether oxygens (including phenoxy) is 1. The highest BCUT2D eigenvalue weighted by Crippen LogP contribution is 2.40. The molecule has 1 saturated heterocycles. The molecule has 0 atom stereocenters. The minimum absolute atomic E-state index is 0.363. The summed E-state index contributed by atoms with van der Waals surface area (Å²) in [5, 5.41) is 9.98. The van der Waals surface area contributed by atoms with Crippen molar-refractivity contribution in [2.24, 2.45) is 5.92 Å². The number of fused-ring (bicyclic) bond motifs is 2. The molecule has 0 saturated carbocycles. The highest BCUT2D eigenvalue weighted by Gasteiger charge is 2.24. The van der Waals surface area contributed by atoms with E-state index < -0.39 is 6.09 Å². The number of benzene rings is 1. The average Bonchev–Trinajstić information content (AvgIpc) is 3.37. The molecule has 0 unspecified atom stereocenters. The first kappa shape index (κ1) is 21.3. The maximum atomic E-state index is 11.2. The van der Waals surface area contributed by atoms with Gasteiger partial charge in [-0.05, 0) is 58.8 Å². The van der Waals surface area contributed by atoms with Gasteiger partial charge in [0.05, 0.1) is 6.61 Å². The summed E-state index contributed by atoms with van der Waals surface area (Å²) in [4.78, 5) is 27.0. The van der Waals surface area contributed by atoms with Crippen molar-refractivity contribution in [2.45, 2.75) is 42.3 Å². The van der Waals surface area contributed by atoms with Crippen LogP contribution in [0.4, 0.5) is 10.6 Å². The summed E-state index contributed by atoms with van der Waals surface area (Å²) in [6, 6.07) is 4.17. The van der Waals surface area contributed by atoms with E-state index in [0.717, 1.165) is 58.1 Å². The van der Waals surface area contributed by atoms with E-state index in [0.29, 0.717) is 36.9 Å². The SMILES string of the molecule is Nc1ncnc2c1nc(Sc1cc3c(cc1Br)CCO3)n2CCC1CCN(C(=O)O)CC1. The smallest absolute Gasteiger partial charge is 0.407 e. The molecule has 32 heavy (non-hydrogen) atoms. The number of hydrogen-bond donors (Lipinski definition) is 2. The summed E-state index contributed by atoms with van der Waals surface area (Å²) in [6.07, 6.45) is 4.21. The Morgan fingerprint density at radius 1 is 1.31 bits per heavy atom. The second-order valence-electron chi connectivity index (χ2n) is 8.07. The quantitative estimate of drug-likeness (QED) is 0.519. The minimum Gasteiger partial charge on any atom is -0.493 e. The number of aromatic nitrogens is 4. The zero-order chi connectivity index (χ0) is 22.2. The molecule has 4 heterocycles. The van der Waals surface area contributed by atoms with Crippen LogP contribution in [0.3, 0.4) is 0 Å². The van der Waals surface area contributed by atoms with Crippen LogP contribution in [0.25, 0.3) is 11.2 Å². The fraction of sp³-hybridized carbons (Fsp3) is 0.429. The molecule has 2 aliphatic rings. The highest BCUT2D eigenvalue weighted by atomic mass is 79.9. The molecule has 168 valence electrons. The summed E-state index contributed by atoms with van der Waals surface area (Å²) in [7, 11) is 0. The Balaban J connectivity index is 1.40. The van der Waals surface area contributed by atoms with Gasteiger partial charge in [0.1, 0.15) is 12.1 Å². The normalized spacial score (nSPS) is 16.3. The lowest BCUT2D eigenvalue weighted by Crippen LogP contribution is -2.37. The van der Waals surface area contributed by atoms with E-state index in [1.807, 2.05) is 0 Å². The summed E-state index contributed by atoms with van der Waals surface area (Å²) in [6.45, 7) is 2.61. The number of nitrogens with two attached hydrogens (primary N) is 1. The number of aryl methyl sites for hydroxylation is 1. The fourth-order valence-corrected chi connectivity index (χ4v) is 5.87. The van der Waals surface area contributed by atoms with Crippen LogP contribution in [0.15, 0.2) is 33.0 Å². The van der Waals surface area contributed by atoms with Gasteiger partial charge in [-0.25, -0.2) is 19.7 Å². The van der Waals surface area contributed by atoms with Gasteiger partial charge in [0, 0.05) is 35.4 Å². The zero-order valence-electron chi connectivity index (χ0n) is 17.3. The number of rotatable bonds is 5. The first-order valence-electron chi connectivity index (χ1n) is 10.6. The van der Waals surface area contributed by atoms with Crippen molar-refractivity contribution in [1.82, 2.24) is 24.4 Å². The Labute approximate surface area is 197 Å². The second-order valence-corrected chi connectivity index (χ2v) is 9.93. The number of amides is 1. The van der Waals surface area contributed by atoms with E-state index in [1.165, 1.54) is 16.8 Å². The van der Waals surface area contributed by atoms with E-state index in [9.17, 15) is 9.90 Å². The van der Waals surface area contributed by atoms with Crippen LogP contribution < -0.4 is 10.5 Å². The molecule has 2 aliphatic heterocycles. The van der Waals surface area contributed by atoms with Crippen molar-refractivity contribution in [3.8, 4) is 5.75 Å². The van der Waals surface area contributed by atoms with Crippen LogP contribution in [0.2, 0.25) is 0 Å². The predicted molar refractivity (Wildman–Crippen MR) is 124 cm³/mol. The Hall–Kier alpha value is -2.53. The summed E-state index contributed by atoms with van der Waals surface area (Å²) >= 11 is 5.24. The van der Waals surface area contributed by atoms with E-state index in [-0.39, 0.29) is 0 Å². The molecule has 0 bridgehead atoms. The molecule has 2 aromatic heterocycles. The van der Waals surface area contributed by atoms with Crippen LogP contribution in [0.1, 0.15) is 24.8 Å². The Morgan fingerprint density at radius 3 is 2.91 bits per heavy atom. The lowest BCUT2D eigenvalue weighted by molar-refractivity contribution is 0.122. The van der Waals surface area contributed by atoms with Gasteiger partial charge in [-0.1, -0.05) is 11.8 Å². The van der Waals surface area contributed by atoms with Crippen LogP contribution in [-0.4, -0.2) is 55.3 Å². The zero-order valence-corrected chi connectivity index (χ0v) is 19.7. The number of nitrogens with zero attached hydrogens (tertiary/aromatic N) is 5. The minimum atomic E-state index is -0.834. The number of imidazole rings is 1. The standard InChI is InChI=1S/C21H23BrN6O3S/c22-14-9-13-4-8-31-15(13)10-16(14)32-20-26-17-18(23)24-11-25-19(17)28(20)7-3-12-1-5-27(6-2-12)21(29)30/h9-12H,1-8H2,(H,29,30)(H2,23,24,25). The van der Waals surface area contributed by atoms with Crippen LogP contribution in [0, 0.1) is 5.92 Å². The van der Waals surface area contributed by atoms with Crippen molar-refractivity contribution in [1.29, 1.82) is 0 Å². The first-order valence-corrected chi connectivity index (χ1v) is 12.2. The molecule has 3 aromatic rings. The van der Waals surface area contributed by atoms with Gasteiger partial charge in [0.25, 0.3) is 0 Å². The monoisotopic (exact) mass is 518 g/mol. The molecule has 5 rings (SSSR count). The molecule has 1 amide bonds. The summed E-state index contributed by atoms with van der Waals surface area (Å²) in [5.74, 6) is 1.74. The van der Waals surface area contributed by atoms with E-state index in [2.05, 4.69) is 42.6 Å². The molecule has 0 spiro atoms. The molecule has 0 aliphatic carbocycles. The first-order chi connectivity index (χ1) is 15.5. The molecular weight excluding hydrogens is 496 g/mol. The van der Waals surface area contributed by atoms with Crippen molar-refractivity contribution in [3.63, 3.8) is 0 Å². The van der Waals surface area contributed by atoms with Gasteiger partial charge < -0.3 is 25.0 Å². The summed E-state index contributed by atoms with van der Waals surface area (Å²) < 4.78 is 8.85. The van der Waals surface area contributed by atoms with E-state index >= 15 is 0 Å². The number of carboxylic acid groups (broad SMARTS) is 1. The van der Waals surface area contributed by atoms with E-state index in [1.54, 1.807) is 11.8 Å². The van der Waals surface area contributed by atoms with E-state index in [4.69, 9.17) is 15.5 Å². The fourth-order valence-electron chi connectivity index (χ4n) is 4.29. The molecule has 0 radical (unpaired) electrons. The number of anilines is 1. The Bertz CT molecular complexity index is 1180. The average molecular weight is 519 g/mol. The third-order valence-corrected chi connectivity index (χ3v) is 8.09. The number of carbonyl (C=O) groups is 1. The molecule has 3 N–H and O–H groups in total. The van der Waals surface area contributed by atoms with Gasteiger partial charge in [0.15, 0.2) is 22.1 Å². The van der Waals surface area contributed by atoms with Gasteiger partial charge >= 0.3 is 6.09 Å². The lowest BCUT2D eigenvalue weighted by Gasteiger charge is -2.30. The van der Waals surface area contributed by atoms with Gasteiger partial charge in [0.2, 0.25) is 0 Å². The summed E-state index contributed by atoms with van der Waals surface area (Å²) in [5.41, 5.74) is 8.62. The van der Waals surface area contributed by atoms with Crippen molar-refractivity contribution >= 4 is 50.8 Å². The topological polar surface area (TPSA) is 119 Å². The molecular formula is C21H23BrN6O3S. The number of nitrogen functional groups attached to an aromatic ring is 1. The van der Waals surface area contributed by atoms with Gasteiger partial charge in [-0.2, -0.15) is 0 Å². The largest absolute Gasteiger partial charge is 0.493 e. The number of hydrogen-bond acceptors (Lipinski definition) is 7. The third-order valence-electron chi connectivity index (χ3n) is 6.12. The predicted octanol–water partition coefficient (Wildman–Crippen LogP) is 4.04. The lowest BCUT2D eigenvalue weighted by atomic mass is 9.94. The maximum absolute atomic E-state index is 11.2. The van der Waals surface area contributed by atoms with Crippen LogP contribution in [-0.2, 0) is 13.0 Å². The molecule has 1 aromatic carbocycles. The van der Waals surface area contributed by atoms with Crippen molar-refractivity contribution < 1.29 is 14.6 Å². The molecule has 9 nitrogen and oxygen atoms in total. The molecule has 11 heteroatoms. The van der Waals surface area contributed by atoms with Gasteiger partial charge in [-0.3, -0.25) is 0 Å². The third kappa shape index (κ3) is 4.11. The molecule has 1 fully saturated rings. The Morgan fingerprint density at radius 2 is 2.12 bits per heavy atom. The number of piperidine rings is 1. The Kier molecular flexibility index (Phi) is 5.85. The van der Waals surface area contributed by atoms with Crippen LogP contribution in [0.5, 0.6) is 5.75 Å². The maximum Gasteiger partial charge on any atom is 0.407 e. The van der Waals surface area contributed by atoms with Crippen molar-refractivity contribution in [3.05, 3.63) is 28.5 Å². The van der Waals surface area contributed by atoms with Gasteiger partial charge in [-0.15, -0.1) is 0 Å². The van der Waals surface area contributed by atoms with Crippen molar-refractivity contribution in [2.75, 3.05) is 25.4 Å². The number of halogens is 1. The second kappa shape index (κ2) is 8.78. The highest BCUT2D eigenvalue weighted by molar-refractivity contribution is 9.10. The number of likely N-dealkylation sites (tertiary alicyclic amines) is 1.